The van der Waals surface area contributed by atoms with Crippen molar-refractivity contribution in [2.24, 2.45) is 22.7 Å². The number of aliphatic hydroxyl groups excluding tert-OH is 1. The van der Waals surface area contributed by atoms with Crippen LogP contribution in [0.3, 0.4) is 0 Å². The van der Waals surface area contributed by atoms with Crippen molar-refractivity contribution < 1.29 is 18.3 Å². The Morgan fingerprint density at radius 3 is 2.67 bits per heavy atom. The number of allylic oxidation sites excluding steroid dienone is 1. The molecule has 1 N–H and O–H groups in total. The van der Waals surface area contributed by atoms with Gasteiger partial charge in [0.1, 0.15) is 0 Å². The van der Waals surface area contributed by atoms with Gasteiger partial charge in [0.05, 0.1) is 23.8 Å². The molecule has 5 atom stereocenters. The van der Waals surface area contributed by atoms with E-state index in [-0.39, 0.29) is 29.0 Å². The van der Waals surface area contributed by atoms with Gasteiger partial charge in [-0.25, -0.2) is 12.7 Å². The van der Waals surface area contributed by atoms with E-state index in [2.05, 4.69) is 20.4 Å². The maximum Gasteiger partial charge on any atom is 0.242 e. The maximum atomic E-state index is 13.5. The third kappa shape index (κ3) is 3.07. The van der Waals surface area contributed by atoms with E-state index in [0.717, 1.165) is 29.1 Å². The lowest BCUT2D eigenvalue weighted by Crippen LogP contribution is -2.48. The molecule has 162 valence electrons. The fourth-order valence-electron chi connectivity index (χ4n) is 6.22. The van der Waals surface area contributed by atoms with Crippen LogP contribution in [0.1, 0.15) is 45.1 Å². The SMILES string of the molecule is C=CC[C@@H](C(=O)N1[C@@H]2C[C@H]3CC[C@]2(CS1(=O)=O)C3(C)C)[C@@H](O)/C=C/c1ccccc1. The number of benzene rings is 1. The van der Waals surface area contributed by atoms with Crippen molar-refractivity contribution in [3.8, 4) is 0 Å². The van der Waals surface area contributed by atoms with Crippen LogP contribution in [0.2, 0.25) is 0 Å². The summed E-state index contributed by atoms with van der Waals surface area (Å²) in [7, 11) is -3.71. The van der Waals surface area contributed by atoms with Crippen molar-refractivity contribution in [1.82, 2.24) is 4.31 Å². The Labute approximate surface area is 179 Å². The van der Waals surface area contributed by atoms with Crippen molar-refractivity contribution in [3.63, 3.8) is 0 Å². The molecule has 1 aromatic rings. The molecule has 6 heteroatoms. The van der Waals surface area contributed by atoms with Crippen LogP contribution in [0.25, 0.3) is 6.08 Å². The maximum absolute atomic E-state index is 13.5. The monoisotopic (exact) mass is 429 g/mol. The Morgan fingerprint density at radius 1 is 1.33 bits per heavy atom. The zero-order valence-corrected chi connectivity index (χ0v) is 18.5. The Bertz CT molecular complexity index is 968. The molecule has 1 heterocycles. The van der Waals surface area contributed by atoms with Gasteiger partial charge < -0.3 is 5.11 Å². The average Bonchev–Trinajstić information content (AvgIpc) is 3.18. The largest absolute Gasteiger partial charge is 0.388 e. The summed E-state index contributed by atoms with van der Waals surface area (Å²) in [6.07, 6.45) is 6.64. The lowest BCUT2D eigenvalue weighted by atomic mass is 9.69. The van der Waals surface area contributed by atoms with Crippen molar-refractivity contribution >= 4 is 22.0 Å². The van der Waals surface area contributed by atoms with Crippen LogP contribution in [0.4, 0.5) is 0 Å². The summed E-state index contributed by atoms with van der Waals surface area (Å²) in [5, 5.41) is 10.8. The number of sulfonamides is 1. The van der Waals surface area contributed by atoms with Gasteiger partial charge in [0.15, 0.2) is 0 Å². The molecule has 1 spiro atoms. The first-order valence-electron chi connectivity index (χ1n) is 10.7. The summed E-state index contributed by atoms with van der Waals surface area (Å²) in [4.78, 5) is 13.5. The lowest BCUT2D eigenvalue weighted by Gasteiger charge is -2.37. The average molecular weight is 430 g/mol. The van der Waals surface area contributed by atoms with Crippen LogP contribution in [-0.4, -0.2) is 41.6 Å². The number of hydrogen-bond donors (Lipinski definition) is 1. The van der Waals surface area contributed by atoms with E-state index in [4.69, 9.17) is 0 Å². The van der Waals surface area contributed by atoms with Crippen molar-refractivity contribution in [3.05, 3.63) is 54.6 Å². The van der Waals surface area contributed by atoms with Crippen LogP contribution >= 0.6 is 0 Å². The van der Waals surface area contributed by atoms with Gasteiger partial charge in [0, 0.05) is 5.41 Å². The van der Waals surface area contributed by atoms with Crippen LogP contribution in [0, 0.1) is 22.7 Å². The second-order valence-corrected chi connectivity index (χ2v) is 11.5. The van der Waals surface area contributed by atoms with Gasteiger partial charge in [0.2, 0.25) is 15.9 Å². The highest BCUT2D eigenvalue weighted by molar-refractivity contribution is 7.90. The van der Waals surface area contributed by atoms with Crippen LogP contribution in [0.15, 0.2) is 49.1 Å². The summed E-state index contributed by atoms with van der Waals surface area (Å²) >= 11 is 0. The molecule has 1 saturated heterocycles. The first-order chi connectivity index (χ1) is 14.1. The molecule has 1 amide bonds. The van der Waals surface area contributed by atoms with Gasteiger partial charge in [-0.2, -0.15) is 0 Å². The van der Waals surface area contributed by atoms with E-state index >= 15 is 0 Å². The van der Waals surface area contributed by atoms with E-state index in [1.807, 2.05) is 30.3 Å². The lowest BCUT2D eigenvalue weighted by molar-refractivity contribution is -0.135. The van der Waals surface area contributed by atoms with E-state index in [0.29, 0.717) is 5.92 Å². The Morgan fingerprint density at radius 2 is 2.03 bits per heavy atom. The normalized spacial score (nSPS) is 32.8. The molecule has 0 radical (unpaired) electrons. The van der Waals surface area contributed by atoms with E-state index in [1.54, 1.807) is 18.2 Å². The third-order valence-electron chi connectivity index (χ3n) is 8.06. The molecule has 5 nitrogen and oxygen atoms in total. The number of aliphatic hydroxyl groups is 1. The number of hydrogen-bond acceptors (Lipinski definition) is 4. The first-order valence-corrected chi connectivity index (χ1v) is 12.3. The number of nitrogens with zero attached hydrogens (tertiary/aromatic N) is 1. The molecule has 30 heavy (non-hydrogen) atoms. The topological polar surface area (TPSA) is 74.7 Å². The molecule has 3 fully saturated rings. The third-order valence-corrected chi connectivity index (χ3v) is 9.98. The summed E-state index contributed by atoms with van der Waals surface area (Å²) in [5.74, 6) is -0.884. The van der Waals surface area contributed by atoms with Crippen LogP contribution in [0.5, 0.6) is 0 Å². The molecule has 1 aliphatic heterocycles. The van der Waals surface area contributed by atoms with Crippen LogP contribution < -0.4 is 0 Å². The standard InChI is InChI=1S/C24H31NO4S/c1-4-8-19(20(26)12-11-17-9-6-5-7-10-17)22(27)25-21-15-18-13-14-24(21,23(18,2)3)16-30(25,28)29/h4-7,9-12,18-21,26H,1,8,13-16H2,2-3H3/b12-11+/t18-,19-,20+,21-,24-/m1/s1. The van der Waals surface area contributed by atoms with Gasteiger partial charge in [-0.3, -0.25) is 4.79 Å². The molecule has 4 rings (SSSR count). The minimum Gasteiger partial charge on any atom is -0.388 e. The minimum atomic E-state index is -3.71. The fraction of sp³-hybridized carbons (Fsp3) is 0.542. The molecule has 1 aromatic carbocycles. The molecule has 2 saturated carbocycles. The Hall–Kier alpha value is -1.92. The number of carbonyl (C=O) groups is 1. The highest BCUT2D eigenvalue weighted by Gasteiger charge is 2.72. The van der Waals surface area contributed by atoms with Gasteiger partial charge in [-0.05, 0) is 42.6 Å². The van der Waals surface area contributed by atoms with Crippen molar-refractivity contribution in [2.45, 2.75) is 51.7 Å². The van der Waals surface area contributed by atoms with E-state index < -0.39 is 28.0 Å². The molecular formula is C24H31NO4S. The van der Waals surface area contributed by atoms with Crippen molar-refractivity contribution in [1.29, 1.82) is 0 Å². The second kappa shape index (κ2) is 7.34. The van der Waals surface area contributed by atoms with Crippen LogP contribution in [-0.2, 0) is 14.8 Å². The zero-order chi connectivity index (χ0) is 21.7. The molecule has 2 aliphatic carbocycles. The summed E-state index contributed by atoms with van der Waals surface area (Å²) in [6, 6.07) is 9.21. The molecule has 3 aliphatic rings. The summed E-state index contributed by atoms with van der Waals surface area (Å²) < 4.78 is 27.5. The van der Waals surface area contributed by atoms with E-state index in [1.165, 1.54) is 0 Å². The van der Waals surface area contributed by atoms with Gasteiger partial charge in [-0.15, -0.1) is 6.58 Å². The van der Waals surface area contributed by atoms with E-state index in [9.17, 15) is 18.3 Å². The molecule has 0 unspecified atom stereocenters. The highest BCUT2D eigenvalue weighted by atomic mass is 32.2. The number of carbonyl (C=O) groups excluding carboxylic acids is 1. The van der Waals surface area contributed by atoms with Gasteiger partial charge >= 0.3 is 0 Å². The molecular weight excluding hydrogens is 398 g/mol. The highest BCUT2D eigenvalue weighted by Crippen LogP contribution is 2.70. The quantitative estimate of drug-likeness (QED) is 0.701. The van der Waals surface area contributed by atoms with Gasteiger partial charge in [0.25, 0.3) is 0 Å². The summed E-state index contributed by atoms with van der Waals surface area (Å²) in [6.45, 7) is 8.04. The fourth-order valence-corrected chi connectivity index (χ4v) is 8.80. The summed E-state index contributed by atoms with van der Waals surface area (Å²) in [5.41, 5.74) is 0.443. The van der Waals surface area contributed by atoms with Crippen molar-refractivity contribution in [2.75, 3.05) is 5.75 Å². The zero-order valence-electron chi connectivity index (χ0n) is 17.7. The smallest absolute Gasteiger partial charge is 0.242 e. The molecule has 2 bridgehead atoms. The van der Waals surface area contributed by atoms with Gasteiger partial charge in [-0.1, -0.05) is 62.4 Å². The second-order valence-electron chi connectivity index (χ2n) is 9.65. The number of amides is 1. The molecule has 0 aromatic heterocycles. The predicted octanol–water partition coefficient (Wildman–Crippen LogP) is 3.62. The number of rotatable bonds is 6. The predicted molar refractivity (Wildman–Crippen MR) is 118 cm³/mol. The Balaban J connectivity index is 1.62. The minimum absolute atomic E-state index is 0.0384. The Kier molecular flexibility index (Phi) is 5.22. The number of fused-ring (bicyclic) bond motifs is 1. The first kappa shape index (κ1) is 21.3.